The van der Waals surface area contributed by atoms with Crippen molar-refractivity contribution >= 4 is 27.4 Å². The standard InChI is InChI=1S/C16H23N3O2.C16H15NO.C7H16.C6H13NO2S.CH4/c1-11(2)15(20)14(12-6-4-3-5-7-12)19-16(21)13-10-17-8-9-18-13;1-11(2)18-17-16-14-9-5-3-7-12(14)13-8-4-6-10-15(13)16;1-6(2)7(3,4)5;1-5(2)7-10(8,9)6-3-4-6;/h8-12,14H,3-7H2,1-2H3,(H,19,21);3-11H,1-2H3;6H,1-5H3;5-7H,3-4H2,1-2H3;1H4/t14-;;;;/m0..../s1. The van der Waals surface area contributed by atoms with Crippen LogP contribution in [0.2, 0.25) is 0 Å². The molecule has 2 aromatic carbocycles. The van der Waals surface area contributed by atoms with Gasteiger partial charge in [-0.05, 0) is 81.8 Å². The van der Waals surface area contributed by atoms with Crippen molar-refractivity contribution in [2.24, 2.45) is 28.3 Å². The van der Waals surface area contributed by atoms with E-state index >= 15 is 0 Å². The molecule has 3 aliphatic rings. The number of oxime groups is 1. The van der Waals surface area contributed by atoms with Crippen molar-refractivity contribution in [3.8, 4) is 11.1 Å². The van der Waals surface area contributed by atoms with Gasteiger partial charge in [0, 0.05) is 35.5 Å². The largest absolute Gasteiger partial charge is 0.393 e. The van der Waals surface area contributed by atoms with E-state index in [2.05, 4.69) is 96.2 Å². The normalized spacial score (nSPS) is 15.4. The summed E-state index contributed by atoms with van der Waals surface area (Å²) in [6, 6.07) is 16.3. The topological polar surface area (TPSA) is 140 Å². The van der Waals surface area contributed by atoms with Crippen LogP contribution >= 0.6 is 0 Å². The van der Waals surface area contributed by atoms with Crippen LogP contribution in [0.5, 0.6) is 0 Å². The minimum absolute atomic E-state index is 0. The number of hydrogen-bond acceptors (Lipinski definition) is 8. The van der Waals surface area contributed by atoms with Gasteiger partial charge in [0.25, 0.3) is 5.91 Å². The first-order valence-electron chi connectivity index (χ1n) is 20.4. The first kappa shape index (κ1) is 49.2. The van der Waals surface area contributed by atoms with Crippen molar-refractivity contribution in [2.45, 2.75) is 152 Å². The summed E-state index contributed by atoms with van der Waals surface area (Å²) >= 11 is 0. The maximum atomic E-state index is 12.5. The summed E-state index contributed by atoms with van der Waals surface area (Å²) in [5, 5.41) is 7.13. The Bertz CT molecular complexity index is 1780. The number of sulfonamides is 1. The number of amides is 1. The molecule has 0 unspecified atom stereocenters. The number of benzene rings is 2. The zero-order chi connectivity index (χ0) is 41.6. The van der Waals surface area contributed by atoms with E-state index in [4.69, 9.17) is 4.84 Å². The lowest BCUT2D eigenvalue weighted by Gasteiger charge is -2.30. The van der Waals surface area contributed by atoms with Gasteiger partial charge in [-0.1, -0.05) is 129 Å². The number of hydrogen-bond donors (Lipinski definition) is 2. The van der Waals surface area contributed by atoms with Gasteiger partial charge >= 0.3 is 0 Å². The van der Waals surface area contributed by atoms with E-state index < -0.39 is 16.1 Å². The minimum Gasteiger partial charge on any atom is -0.393 e. The van der Waals surface area contributed by atoms with Crippen molar-refractivity contribution < 1.29 is 22.8 Å². The Morgan fingerprint density at radius 1 is 0.789 bits per heavy atom. The number of fused-ring (bicyclic) bond motifs is 3. The molecule has 316 valence electrons. The SMILES string of the molecule is C.CC(C)C(=O)[C@@H](NC(=O)c1cnccn1)C1CCCCC1.CC(C)C(C)(C)C.CC(C)NS(=O)(=O)C1CC1.CC(C)ON=C1c2ccccc2-c2ccccc21. The lowest BCUT2D eigenvalue weighted by Crippen LogP contribution is -2.48. The summed E-state index contributed by atoms with van der Waals surface area (Å²) in [6.07, 6.45) is 11.7. The van der Waals surface area contributed by atoms with Crippen molar-refractivity contribution in [3.05, 3.63) is 83.9 Å². The fraction of sp³-hybridized carbons (Fsp3) is 0.587. The molecule has 0 aliphatic heterocycles. The highest BCUT2D eigenvalue weighted by Crippen LogP contribution is 2.36. The van der Waals surface area contributed by atoms with Crippen LogP contribution in [0.4, 0.5) is 0 Å². The molecule has 11 heteroatoms. The van der Waals surface area contributed by atoms with E-state index in [0.717, 1.165) is 61.3 Å². The third-order valence-corrected chi connectivity index (χ3v) is 12.3. The van der Waals surface area contributed by atoms with Crippen LogP contribution in [0.15, 0.2) is 72.3 Å². The predicted molar refractivity (Wildman–Crippen MR) is 235 cm³/mol. The van der Waals surface area contributed by atoms with E-state index in [0.29, 0.717) is 5.41 Å². The Balaban J connectivity index is 0.000000282. The van der Waals surface area contributed by atoms with Crippen LogP contribution in [0.1, 0.15) is 150 Å². The van der Waals surface area contributed by atoms with Crippen LogP contribution in [0.25, 0.3) is 11.1 Å². The molecule has 0 spiro atoms. The van der Waals surface area contributed by atoms with E-state index in [1.165, 1.54) is 36.1 Å². The van der Waals surface area contributed by atoms with Gasteiger partial charge in [-0.15, -0.1) is 0 Å². The molecule has 0 bridgehead atoms. The Morgan fingerprint density at radius 3 is 1.70 bits per heavy atom. The smallest absolute Gasteiger partial charge is 0.272 e. The summed E-state index contributed by atoms with van der Waals surface area (Å²) in [5.74, 6) is 0.757. The zero-order valence-electron chi connectivity index (χ0n) is 35.6. The average Bonchev–Trinajstić information content (AvgIpc) is 3.97. The Labute approximate surface area is 344 Å². The molecule has 0 radical (unpaired) electrons. The third-order valence-electron chi connectivity index (χ3n) is 10.2. The second kappa shape index (κ2) is 22.8. The maximum absolute atomic E-state index is 12.5. The number of rotatable bonds is 10. The monoisotopic (exact) mass is 806 g/mol. The van der Waals surface area contributed by atoms with Crippen LogP contribution in [-0.2, 0) is 19.7 Å². The highest BCUT2D eigenvalue weighted by Gasteiger charge is 2.36. The second-order valence-corrected chi connectivity index (χ2v) is 19.2. The van der Waals surface area contributed by atoms with E-state index in [-0.39, 0.29) is 54.0 Å². The van der Waals surface area contributed by atoms with Gasteiger partial charge in [0.1, 0.15) is 17.5 Å². The molecule has 10 nitrogen and oxygen atoms in total. The summed E-state index contributed by atoms with van der Waals surface area (Å²) in [4.78, 5) is 38.0. The van der Waals surface area contributed by atoms with Gasteiger partial charge in [-0.25, -0.2) is 18.1 Å². The van der Waals surface area contributed by atoms with Gasteiger partial charge < -0.3 is 10.2 Å². The number of carbonyl (C=O) groups excluding carboxylic acids is 2. The van der Waals surface area contributed by atoms with E-state index in [1.54, 1.807) is 0 Å². The van der Waals surface area contributed by atoms with E-state index in [1.807, 2.05) is 53.7 Å². The molecule has 1 heterocycles. The van der Waals surface area contributed by atoms with Crippen molar-refractivity contribution in [2.75, 3.05) is 0 Å². The van der Waals surface area contributed by atoms with Gasteiger partial charge in [-0.3, -0.25) is 14.6 Å². The molecular weight excluding hydrogens is 735 g/mol. The molecule has 57 heavy (non-hydrogen) atoms. The quantitative estimate of drug-likeness (QED) is 0.152. The number of ketones is 1. The first-order chi connectivity index (χ1) is 26.3. The molecule has 2 saturated carbocycles. The zero-order valence-corrected chi connectivity index (χ0v) is 36.4. The molecule has 1 atom stereocenters. The minimum atomic E-state index is -2.94. The van der Waals surface area contributed by atoms with Crippen LogP contribution in [0, 0.1) is 23.2 Å². The lowest BCUT2D eigenvalue weighted by molar-refractivity contribution is -0.125. The predicted octanol–water partition coefficient (Wildman–Crippen LogP) is 10.0. The lowest BCUT2D eigenvalue weighted by atomic mass is 9.80. The number of nitrogens with zero attached hydrogens (tertiary/aromatic N) is 3. The van der Waals surface area contributed by atoms with Crippen LogP contribution < -0.4 is 10.0 Å². The highest BCUT2D eigenvalue weighted by molar-refractivity contribution is 7.90. The molecule has 1 aromatic heterocycles. The number of nitrogens with one attached hydrogen (secondary N) is 2. The van der Waals surface area contributed by atoms with Crippen LogP contribution in [-0.4, -0.2) is 59.2 Å². The maximum Gasteiger partial charge on any atom is 0.272 e. The van der Waals surface area contributed by atoms with Crippen molar-refractivity contribution in [1.29, 1.82) is 0 Å². The van der Waals surface area contributed by atoms with E-state index in [9.17, 15) is 18.0 Å². The average molecular weight is 806 g/mol. The summed E-state index contributed by atoms with van der Waals surface area (Å²) in [6.45, 7) is 22.7. The molecule has 3 aromatic rings. The molecule has 2 N–H and O–H groups in total. The molecule has 3 aliphatic carbocycles. The second-order valence-electron chi connectivity index (χ2n) is 17.2. The number of aromatic nitrogens is 2. The van der Waals surface area contributed by atoms with Crippen LogP contribution in [0.3, 0.4) is 0 Å². The fourth-order valence-corrected chi connectivity index (χ4v) is 7.54. The number of carbonyl (C=O) groups is 2. The van der Waals surface area contributed by atoms with Gasteiger partial charge in [0.05, 0.1) is 17.5 Å². The van der Waals surface area contributed by atoms with Crippen molar-refractivity contribution in [1.82, 2.24) is 20.0 Å². The Morgan fingerprint density at radius 2 is 1.30 bits per heavy atom. The summed E-state index contributed by atoms with van der Waals surface area (Å²) in [7, 11) is -2.94. The van der Waals surface area contributed by atoms with Gasteiger partial charge in [0.2, 0.25) is 10.0 Å². The molecule has 0 saturated heterocycles. The van der Waals surface area contributed by atoms with Gasteiger partial charge in [0.15, 0.2) is 5.78 Å². The molecule has 1 amide bonds. The third kappa shape index (κ3) is 15.7. The summed E-state index contributed by atoms with van der Waals surface area (Å²) < 4.78 is 24.7. The summed E-state index contributed by atoms with van der Waals surface area (Å²) in [5.41, 5.74) is 6.47. The van der Waals surface area contributed by atoms with Gasteiger partial charge in [-0.2, -0.15) is 0 Å². The first-order valence-corrected chi connectivity index (χ1v) is 21.9. The number of Topliss-reactive ketones (excluding diaryl/α,β-unsaturated/α-hetero) is 1. The molecule has 6 rings (SSSR count). The Kier molecular flexibility index (Phi) is 19.7. The Hall–Kier alpha value is -3.96. The van der Waals surface area contributed by atoms with Crippen molar-refractivity contribution in [3.63, 3.8) is 0 Å². The fourth-order valence-electron chi connectivity index (χ4n) is 5.93. The molecule has 2 fully saturated rings. The molecular formula is C46H71N5O5S. The highest BCUT2D eigenvalue weighted by atomic mass is 32.2.